The van der Waals surface area contributed by atoms with Gasteiger partial charge in [0.15, 0.2) is 11.6 Å². The molecule has 1 aromatic carbocycles. The summed E-state index contributed by atoms with van der Waals surface area (Å²) in [6, 6.07) is 3.39. The molecular formula is C16H18F2N4O2. The lowest BCUT2D eigenvalue weighted by atomic mass is 9.84. The maximum absolute atomic E-state index is 13.3. The van der Waals surface area contributed by atoms with Crippen molar-refractivity contribution >= 4 is 5.91 Å². The summed E-state index contributed by atoms with van der Waals surface area (Å²) in [6.45, 7) is 0.283. The van der Waals surface area contributed by atoms with E-state index in [1.165, 1.54) is 6.07 Å². The molecule has 24 heavy (non-hydrogen) atoms. The topological polar surface area (TPSA) is 94.0 Å². The van der Waals surface area contributed by atoms with Crippen LogP contribution in [0.25, 0.3) is 11.4 Å². The van der Waals surface area contributed by atoms with Crippen LogP contribution >= 0.6 is 0 Å². The van der Waals surface area contributed by atoms with Crippen molar-refractivity contribution in [2.75, 3.05) is 0 Å². The SMILES string of the molecule is NC(=O)[C@H]1CCCC[C@H]1NCc1nc(-c2ccc(F)c(F)c2)no1. The minimum absolute atomic E-state index is 0.0186. The van der Waals surface area contributed by atoms with Gasteiger partial charge in [-0.25, -0.2) is 8.78 Å². The second-order valence-electron chi connectivity index (χ2n) is 5.92. The number of halogens is 2. The van der Waals surface area contributed by atoms with E-state index in [0.29, 0.717) is 11.5 Å². The highest BCUT2D eigenvalue weighted by Crippen LogP contribution is 2.24. The maximum Gasteiger partial charge on any atom is 0.240 e. The lowest BCUT2D eigenvalue weighted by Gasteiger charge is -2.29. The van der Waals surface area contributed by atoms with Gasteiger partial charge in [-0.1, -0.05) is 18.0 Å². The standard InChI is InChI=1S/C16H18F2N4O2/c17-11-6-5-9(7-12(11)18)16-21-14(24-22-16)8-20-13-4-2-1-3-10(13)15(19)23/h5-7,10,13,20H,1-4,8H2,(H2,19,23)/t10-,13+/m0/s1. The molecule has 3 rings (SSSR count). The quantitative estimate of drug-likeness (QED) is 0.872. The van der Waals surface area contributed by atoms with Gasteiger partial charge in [-0.3, -0.25) is 4.79 Å². The summed E-state index contributed by atoms with van der Waals surface area (Å²) in [5.41, 5.74) is 5.77. The maximum atomic E-state index is 13.3. The molecule has 2 aromatic rings. The number of carbonyl (C=O) groups is 1. The summed E-state index contributed by atoms with van der Waals surface area (Å²) in [5, 5.41) is 6.99. The number of benzene rings is 1. The number of nitrogens with zero attached hydrogens (tertiary/aromatic N) is 2. The fourth-order valence-electron chi connectivity index (χ4n) is 3.01. The van der Waals surface area contributed by atoms with Crippen molar-refractivity contribution < 1.29 is 18.1 Å². The molecule has 0 radical (unpaired) electrons. The summed E-state index contributed by atoms with van der Waals surface area (Å²) in [4.78, 5) is 15.6. The predicted octanol–water partition coefficient (Wildman–Crippen LogP) is 2.15. The molecule has 0 aliphatic heterocycles. The number of nitrogens with one attached hydrogen (secondary N) is 1. The molecule has 128 valence electrons. The van der Waals surface area contributed by atoms with Crippen molar-refractivity contribution in [1.82, 2.24) is 15.5 Å². The van der Waals surface area contributed by atoms with Crippen LogP contribution in [0, 0.1) is 17.6 Å². The third-order valence-electron chi connectivity index (χ3n) is 4.29. The Morgan fingerprint density at radius 1 is 1.29 bits per heavy atom. The van der Waals surface area contributed by atoms with Crippen LogP contribution in [-0.2, 0) is 11.3 Å². The number of primary amides is 1. The Hall–Kier alpha value is -2.35. The molecule has 1 amide bonds. The zero-order chi connectivity index (χ0) is 17.1. The van der Waals surface area contributed by atoms with E-state index >= 15 is 0 Å². The third kappa shape index (κ3) is 3.59. The van der Waals surface area contributed by atoms with E-state index in [9.17, 15) is 13.6 Å². The number of rotatable bonds is 5. The molecule has 1 saturated carbocycles. The van der Waals surface area contributed by atoms with E-state index < -0.39 is 11.6 Å². The van der Waals surface area contributed by atoms with Crippen LogP contribution in [0.15, 0.2) is 22.7 Å². The van der Waals surface area contributed by atoms with Crippen LogP contribution in [0.4, 0.5) is 8.78 Å². The molecule has 1 aliphatic carbocycles. The highest BCUT2D eigenvalue weighted by atomic mass is 19.2. The van der Waals surface area contributed by atoms with E-state index in [2.05, 4.69) is 15.5 Å². The van der Waals surface area contributed by atoms with Crippen LogP contribution < -0.4 is 11.1 Å². The van der Waals surface area contributed by atoms with Gasteiger partial charge in [0, 0.05) is 11.6 Å². The Morgan fingerprint density at radius 2 is 2.08 bits per heavy atom. The van der Waals surface area contributed by atoms with Crippen molar-refractivity contribution in [3.8, 4) is 11.4 Å². The van der Waals surface area contributed by atoms with Crippen LogP contribution in [0.2, 0.25) is 0 Å². The zero-order valence-electron chi connectivity index (χ0n) is 13.0. The molecule has 3 N–H and O–H groups in total. The molecule has 1 aromatic heterocycles. The van der Waals surface area contributed by atoms with Gasteiger partial charge in [0.2, 0.25) is 17.6 Å². The monoisotopic (exact) mass is 336 g/mol. The molecule has 0 unspecified atom stereocenters. The number of amides is 1. The summed E-state index contributed by atoms with van der Waals surface area (Å²) in [6.07, 6.45) is 3.66. The Bertz CT molecular complexity index is 735. The van der Waals surface area contributed by atoms with E-state index in [1.807, 2.05) is 0 Å². The van der Waals surface area contributed by atoms with Gasteiger partial charge in [0.05, 0.1) is 12.5 Å². The van der Waals surface area contributed by atoms with Crippen molar-refractivity contribution in [3.63, 3.8) is 0 Å². The molecule has 6 nitrogen and oxygen atoms in total. The number of carbonyl (C=O) groups excluding carboxylic acids is 1. The average Bonchev–Trinajstić information content (AvgIpc) is 3.04. The van der Waals surface area contributed by atoms with Gasteiger partial charge in [0.25, 0.3) is 0 Å². The largest absolute Gasteiger partial charge is 0.369 e. The summed E-state index contributed by atoms with van der Waals surface area (Å²) >= 11 is 0. The first-order valence-corrected chi connectivity index (χ1v) is 7.85. The normalized spacial score (nSPS) is 20.9. The molecule has 1 aliphatic rings. The molecule has 0 saturated heterocycles. The molecular weight excluding hydrogens is 318 g/mol. The first-order chi connectivity index (χ1) is 11.5. The average molecular weight is 336 g/mol. The molecule has 2 atom stereocenters. The number of hydrogen-bond donors (Lipinski definition) is 2. The van der Waals surface area contributed by atoms with E-state index in [-0.39, 0.29) is 30.2 Å². The number of nitrogens with two attached hydrogens (primary N) is 1. The van der Waals surface area contributed by atoms with E-state index in [0.717, 1.165) is 37.8 Å². The summed E-state index contributed by atoms with van der Waals surface area (Å²) in [5.74, 6) is -1.92. The third-order valence-corrected chi connectivity index (χ3v) is 4.29. The number of hydrogen-bond acceptors (Lipinski definition) is 5. The molecule has 1 fully saturated rings. The molecule has 0 spiro atoms. The lowest BCUT2D eigenvalue weighted by molar-refractivity contribution is -0.123. The van der Waals surface area contributed by atoms with Gasteiger partial charge >= 0.3 is 0 Å². The summed E-state index contributed by atoms with van der Waals surface area (Å²) in [7, 11) is 0. The fourth-order valence-corrected chi connectivity index (χ4v) is 3.01. The Kier molecular flexibility index (Phi) is 4.84. The number of aromatic nitrogens is 2. The zero-order valence-corrected chi connectivity index (χ0v) is 13.0. The Labute approximate surface area is 137 Å². The minimum Gasteiger partial charge on any atom is -0.369 e. The second kappa shape index (κ2) is 7.04. The minimum atomic E-state index is -0.969. The van der Waals surface area contributed by atoms with E-state index in [1.54, 1.807) is 0 Å². The van der Waals surface area contributed by atoms with Gasteiger partial charge in [-0.15, -0.1) is 0 Å². The molecule has 1 heterocycles. The van der Waals surface area contributed by atoms with Gasteiger partial charge in [-0.05, 0) is 31.0 Å². The first-order valence-electron chi connectivity index (χ1n) is 7.85. The molecule has 8 heteroatoms. The smallest absolute Gasteiger partial charge is 0.240 e. The summed E-state index contributed by atoms with van der Waals surface area (Å²) < 4.78 is 31.3. The highest BCUT2D eigenvalue weighted by molar-refractivity contribution is 5.77. The van der Waals surface area contributed by atoms with Crippen molar-refractivity contribution in [2.45, 2.75) is 38.3 Å². The Morgan fingerprint density at radius 3 is 2.83 bits per heavy atom. The van der Waals surface area contributed by atoms with E-state index in [4.69, 9.17) is 10.3 Å². The Balaban J connectivity index is 1.65. The van der Waals surface area contributed by atoms with Crippen LogP contribution in [0.1, 0.15) is 31.6 Å². The van der Waals surface area contributed by atoms with Crippen molar-refractivity contribution in [1.29, 1.82) is 0 Å². The predicted molar refractivity (Wildman–Crippen MR) is 81.4 cm³/mol. The lowest BCUT2D eigenvalue weighted by Crippen LogP contribution is -2.44. The van der Waals surface area contributed by atoms with Gasteiger partial charge in [-0.2, -0.15) is 4.98 Å². The van der Waals surface area contributed by atoms with Crippen molar-refractivity contribution in [3.05, 3.63) is 35.7 Å². The highest BCUT2D eigenvalue weighted by Gasteiger charge is 2.29. The van der Waals surface area contributed by atoms with Gasteiger partial charge < -0.3 is 15.6 Å². The fraction of sp³-hybridized carbons (Fsp3) is 0.438. The van der Waals surface area contributed by atoms with Crippen molar-refractivity contribution in [2.24, 2.45) is 11.7 Å². The van der Waals surface area contributed by atoms with Crippen LogP contribution in [0.3, 0.4) is 0 Å². The van der Waals surface area contributed by atoms with Crippen LogP contribution in [-0.4, -0.2) is 22.1 Å². The second-order valence-corrected chi connectivity index (χ2v) is 5.92. The van der Waals surface area contributed by atoms with Gasteiger partial charge in [0.1, 0.15) is 0 Å². The first kappa shape index (κ1) is 16.5. The molecule has 0 bridgehead atoms. The van der Waals surface area contributed by atoms with Crippen LogP contribution in [0.5, 0.6) is 0 Å².